The van der Waals surface area contributed by atoms with Gasteiger partial charge in [-0.15, -0.1) is 0 Å². The highest BCUT2D eigenvalue weighted by atomic mass is 16.5. The molecule has 1 aliphatic heterocycles. The number of benzene rings is 1. The zero-order chi connectivity index (χ0) is 20.4. The van der Waals surface area contributed by atoms with Crippen molar-refractivity contribution >= 4 is 17.6 Å². The Hall–Kier alpha value is -3.16. The molecule has 1 amide bonds. The third kappa shape index (κ3) is 3.62. The van der Waals surface area contributed by atoms with E-state index >= 15 is 0 Å². The normalized spacial score (nSPS) is 18.0. The number of ketones is 1. The number of hydrogen-bond donors (Lipinski definition) is 1. The standard InChI is InChI=1S/C21H25N5O3/c1-3-25(4-2)18(28)12-29-15-10-8-14(9-11-15)20-19-16(6-5-7-17(19)27)24-21-22-13-23-26(20)21/h8-11,13,20H,3-7,12H2,1-2H3,(H,22,23,24). The van der Waals surface area contributed by atoms with Crippen molar-refractivity contribution in [3.63, 3.8) is 0 Å². The molecule has 2 aliphatic rings. The van der Waals surface area contributed by atoms with Crippen LogP contribution >= 0.6 is 0 Å². The first-order valence-corrected chi connectivity index (χ1v) is 10.1. The van der Waals surface area contributed by atoms with Crippen LogP contribution in [0.3, 0.4) is 0 Å². The lowest BCUT2D eigenvalue weighted by molar-refractivity contribution is -0.133. The van der Waals surface area contributed by atoms with E-state index in [-0.39, 0.29) is 24.3 Å². The minimum atomic E-state index is -0.303. The maximum Gasteiger partial charge on any atom is 0.260 e. The second-order valence-electron chi connectivity index (χ2n) is 7.15. The van der Waals surface area contributed by atoms with Gasteiger partial charge in [-0.05, 0) is 44.4 Å². The van der Waals surface area contributed by atoms with Crippen LogP contribution in [0.1, 0.15) is 44.7 Å². The highest BCUT2D eigenvalue weighted by Gasteiger charge is 2.35. The van der Waals surface area contributed by atoms with Crippen LogP contribution in [0.25, 0.3) is 0 Å². The van der Waals surface area contributed by atoms with E-state index in [2.05, 4.69) is 15.4 Å². The lowest BCUT2D eigenvalue weighted by atomic mass is 9.85. The molecule has 1 aromatic carbocycles. The van der Waals surface area contributed by atoms with Gasteiger partial charge in [0.2, 0.25) is 5.95 Å². The van der Waals surface area contributed by atoms with Gasteiger partial charge in [-0.1, -0.05) is 12.1 Å². The zero-order valence-corrected chi connectivity index (χ0v) is 16.7. The molecule has 0 radical (unpaired) electrons. The van der Waals surface area contributed by atoms with Gasteiger partial charge in [0.05, 0.1) is 0 Å². The summed E-state index contributed by atoms with van der Waals surface area (Å²) in [5, 5.41) is 7.59. The van der Waals surface area contributed by atoms with Crippen LogP contribution in [0.15, 0.2) is 41.9 Å². The summed E-state index contributed by atoms with van der Waals surface area (Å²) >= 11 is 0. The van der Waals surface area contributed by atoms with E-state index < -0.39 is 0 Å². The summed E-state index contributed by atoms with van der Waals surface area (Å²) in [6.07, 6.45) is 3.72. The average Bonchev–Trinajstić information content (AvgIpc) is 3.20. The third-order valence-electron chi connectivity index (χ3n) is 5.48. The minimum absolute atomic E-state index is 0.00931. The second kappa shape index (κ2) is 8.06. The fourth-order valence-corrected chi connectivity index (χ4v) is 3.96. The molecule has 0 saturated carbocycles. The molecule has 1 N–H and O–H groups in total. The molecule has 1 aliphatic carbocycles. The number of anilines is 1. The van der Waals surface area contributed by atoms with Gasteiger partial charge in [-0.2, -0.15) is 10.1 Å². The topological polar surface area (TPSA) is 89.3 Å². The molecule has 1 unspecified atom stereocenters. The predicted octanol–water partition coefficient (Wildman–Crippen LogP) is 2.55. The molecule has 0 spiro atoms. The summed E-state index contributed by atoms with van der Waals surface area (Å²) in [4.78, 5) is 30.8. The third-order valence-corrected chi connectivity index (χ3v) is 5.48. The Morgan fingerprint density at radius 3 is 2.72 bits per heavy atom. The molecular formula is C21H25N5O3. The number of aromatic nitrogens is 3. The van der Waals surface area contributed by atoms with Crippen LogP contribution in [0, 0.1) is 0 Å². The average molecular weight is 395 g/mol. The summed E-state index contributed by atoms with van der Waals surface area (Å²) in [6.45, 7) is 5.24. The quantitative estimate of drug-likeness (QED) is 0.809. The Labute approximate surface area is 169 Å². The number of fused-ring (bicyclic) bond motifs is 1. The van der Waals surface area contributed by atoms with Crippen molar-refractivity contribution in [1.29, 1.82) is 0 Å². The van der Waals surface area contributed by atoms with E-state index in [1.165, 1.54) is 6.33 Å². The number of carbonyl (C=O) groups excluding carboxylic acids is 2. The molecule has 2 heterocycles. The number of nitrogens with one attached hydrogen (secondary N) is 1. The lowest BCUT2D eigenvalue weighted by Crippen LogP contribution is -2.34. The highest BCUT2D eigenvalue weighted by molar-refractivity contribution is 5.99. The lowest BCUT2D eigenvalue weighted by Gasteiger charge is -2.32. The van der Waals surface area contributed by atoms with Gasteiger partial charge >= 0.3 is 0 Å². The summed E-state index contributed by atoms with van der Waals surface area (Å²) < 4.78 is 7.41. The maximum absolute atomic E-state index is 12.7. The minimum Gasteiger partial charge on any atom is -0.484 e. The van der Waals surface area contributed by atoms with E-state index in [9.17, 15) is 9.59 Å². The van der Waals surface area contributed by atoms with Crippen molar-refractivity contribution in [2.75, 3.05) is 25.0 Å². The zero-order valence-electron chi connectivity index (χ0n) is 16.7. The van der Waals surface area contributed by atoms with Gasteiger partial charge in [-0.3, -0.25) is 9.59 Å². The van der Waals surface area contributed by atoms with E-state index in [0.29, 0.717) is 31.2 Å². The van der Waals surface area contributed by atoms with Gasteiger partial charge in [0.1, 0.15) is 18.1 Å². The SMILES string of the molecule is CCN(CC)C(=O)COc1ccc(C2C3=C(CCCC3=O)Nc3ncnn32)cc1. The largest absolute Gasteiger partial charge is 0.484 e. The van der Waals surface area contributed by atoms with E-state index in [0.717, 1.165) is 29.7 Å². The molecule has 1 aromatic heterocycles. The summed E-state index contributed by atoms with van der Waals surface area (Å²) in [7, 11) is 0. The molecule has 29 heavy (non-hydrogen) atoms. The smallest absolute Gasteiger partial charge is 0.260 e. The number of nitrogens with zero attached hydrogens (tertiary/aromatic N) is 4. The van der Waals surface area contributed by atoms with E-state index in [4.69, 9.17) is 4.74 Å². The Morgan fingerprint density at radius 1 is 1.24 bits per heavy atom. The number of rotatable bonds is 6. The molecular weight excluding hydrogens is 370 g/mol. The van der Waals surface area contributed by atoms with Gasteiger partial charge in [-0.25, -0.2) is 4.68 Å². The number of hydrogen-bond acceptors (Lipinski definition) is 6. The summed E-state index contributed by atoms with van der Waals surface area (Å²) in [5.74, 6) is 1.38. The van der Waals surface area contributed by atoms with Crippen LogP contribution in [-0.2, 0) is 9.59 Å². The first-order valence-electron chi connectivity index (χ1n) is 10.1. The van der Waals surface area contributed by atoms with Gasteiger partial charge in [0.25, 0.3) is 5.91 Å². The molecule has 8 nitrogen and oxygen atoms in total. The Morgan fingerprint density at radius 2 is 2.00 bits per heavy atom. The Bertz CT molecular complexity index is 943. The number of likely N-dealkylation sites (N-methyl/N-ethyl adjacent to an activating group) is 1. The van der Waals surface area contributed by atoms with Crippen molar-refractivity contribution in [1.82, 2.24) is 19.7 Å². The van der Waals surface area contributed by atoms with Gasteiger partial charge < -0.3 is 15.0 Å². The molecule has 2 aromatic rings. The van der Waals surface area contributed by atoms with Crippen LogP contribution in [0.2, 0.25) is 0 Å². The Kier molecular flexibility index (Phi) is 5.33. The summed E-state index contributed by atoms with van der Waals surface area (Å²) in [5.41, 5.74) is 2.64. The highest BCUT2D eigenvalue weighted by Crippen LogP contribution is 2.39. The predicted molar refractivity (Wildman–Crippen MR) is 108 cm³/mol. The van der Waals surface area contributed by atoms with Crippen LogP contribution in [-0.4, -0.2) is 51.1 Å². The molecule has 0 bridgehead atoms. The van der Waals surface area contributed by atoms with Crippen molar-refractivity contribution in [2.24, 2.45) is 0 Å². The molecule has 1 atom stereocenters. The molecule has 4 rings (SSSR count). The van der Waals surface area contributed by atoms with E-state index in [1.807, 2.05) is 38.1 Å². The van der Waals surface area contributed by atoms with Crippen LogP contribution < -0.4 is 10.1 Å². The Balaban J connectivity index is 1.56. The molecule has 0 fully saturated rings. The number of carbonyl (C=O) groups is 2. The number of Topliss-reactive ketones (excluding diaryl/α,β-unsaturated/α-hetero) is 1. The fourth-order valence-electron chi connectivity index (χ4n) is 3.96. The van der Waals surface area contributed by atoms with Crippen LogP contribution in [0.5, 0.6) is 5.75 Å². The number of allylic oxidation sites excluding steroid dienone is 2. The van der Waals surface area contributed by atoms with Crippen molar-refractivity contribution < 1.29 is 14.3 Å². The van der Waals surface area contributed by atoms with Crippen molar-refractivity contribution in [3.8, 4) is 5.75 Å². The molecule has 152 valence electrons. The first kappa shape index (κ1) is 19.2. The monoisotopic (exact) mass is 395 g/mol. The number of ether oxygens (including phenoxy) is 1. The maximum atomic E-state index is 12.7. The van der Waals surface area contributed by atoms with Crippen molar-refractivity contribution in [2.45, 2.75) is 39.2 Å². The van der Waals surface area contributed by atoms with Gasteiger partial charge in [0.15, 0.2) is 12.4 Å². The second-order valence-corrected chi connectivity index (χ2v) is 7.15. The van der Waals surface area contributed by atoms with Crippen LogP contribution in [0.4, 0.5) is 5.95 Å². The summed E-state index contributed by atoms with van der Waals surface area (Å²) in [6, 6.07) is 7.20. The molecule has 0 saturated heterocycles. The fraction of sp³-hybridized carbons (Fsp3) is 0.429. The molecule has 8 heteroatoms. The van der Waals surface area contributed by atoms with Gasteiger partial charge in [0, 0.05) is 30.8 Å². The first-order chi connectivity index (χ1) is 14.1. The number of amides is 1. The van der Waals surface area contributed by atoms with Crippen molar-refractivity contribution in [3.05, 3.63) is 47.4 Å². The van der Waals surface area contributed by atoms with E-state index in [1.54, 1.807) is 9.58 Å².